The predicted molar refractivity (Wildman–Crippen MR) is 88.7 cm³/mol. The van der Waals surface area contributed by atoms with Crippen LogP contribution in [0, 0.1) is 5.82 Å². The number of urea groups is 1. The fourth-order valence-electron chi connectivity index (χ4n) is 2.84. The van der Waals surface area contributed by atoms with Crippen LogP contribution in [0.3, 0.4) is 0 Å². The lowest BCUT2D eigenvalue weighted by molar-refractivity contribution is 0.182. The lowest BCUT2D eigenvalue weighted by atomic mass is 10.1. The van der Waals surface area contributed by atoms with E-state index in [4.69, 9.17) is 0 Å². The number of carbonyl (C=O) groups excluding carboxylic acids is 1. The van der Waals surface area contributed by atoms with Gasteiger partial charge < -0.3 is 10.2 Å². The lowest BCUT2D eigenvalue weighted by Gasteiger charge is -2.28. The summed E-state index contributed by atoms with van der Waals surface area (Å²) in [5.74, 6) is 0.874. The van der Waals surface area contributed by atoms with Crippen LogP contribution >= 0.6 is 0 Å². The van der Waals surface area contributed by atoms with Crippen molar-refractivity contribution in [2.24, 2.45) is 0 Å². The van der Waals surface area contributed by atoms with E-state index in [0.29, 0.717) is 18.2 Å². The summed E-state index contributed by atoms with van der Waals surface area (Å²) < 4.78 is 13.0. The highest BCUT2D eigenvalue weighted by molar-refractivity contribution is 5.75. The summed E-state index contributed by atoms with van der Waals surface area (Å²) in [6.07, 6.45) is 1.77. The first kappa shape index (κ1) is 16.4. The van der Waals surface area contributed by atoms with Crippen LogP contribution in [0.5, 0.6) is 0 Å². The second-order valence-electron chi connectivity index (χ2n) is 7.08. The summed E-state index contributed by atoms with van der Waals surface area (Å²) in [6.45, 7) is 6.56. The number of rotatable bonds is 2. The van der Waals surface area contributed by atoms with E-state index in [1.54, 1.807) is 17.0 Å². The van der Waals surface area contributed by atoms with Crippen molar-refractivity contribution < 1.29 is 9.18 Å². The molecule has 24 heavy (non-hydrogen) atoms. The van der Waals surface area contributed by atoms with Crippen LogP contribution in [-0.4, -0.2) is 38.2 Å². The Kier molecular flexibility index (Phi) is 4.26. The SMILES string of the molecule is CC(C)(C)NC(=O)N1CCC[C@H]1c1nc(-c2ccc(F)cc2)n[nH]1. The number of nitrogens with one attached hydrogen (secondary N) is 2. The summed E-state index contributed by atoms with van der Waals surface area (Å²) in [5.41, 5.74) is 0.452. The van der Waals surface area contributed by atoms with Gasteiger partial charge in [0, 0.05) is 17.6 Å². The molecule has 0 radical (unpaired) electrons. The van der Waals surface area contributed by atoms with Crippen LogP contribution in [0.2, 0.25) is 0 Å². The van der Waals surface area contributed by atoms with E-state index < -0.39 is 0 Å². The summed E-state index contributed by atoms with van der Waals surface area (Å²) in [6, 6.07) is 5.83. The average Bonchev–Trinajstić information content (AvgIpc) is 3.15. The Hall–Kier alpha value is -2.44. The van der Waals surface area contributed by atoms with Crippen LogP contribution in [0.1, 0.15) is 45.5 Å². The van der Waals surface area contributed by atoms with Crippen molar-refractivity contribution in [1.82, 2.24) is 25.4 Å². The van der Waals surface area contributed by atoms with Gasteiger partial charge in [-0.1, -0.05) is 0 Å². The predicted octanol–water partition coefficient (Wildman–Crippen LogP) is 3.26. The van der Waals surface area contributed by atoms with E-state index in [2.05, 4.69) is 20.5 Å². The molecule has 2 amide bonds. The maximum atomic E-state index is 13.0. The number of benzene rings is 1. The molecule has 0 unspecified atom stereocenters. The molecule has 1 fully saturated rings. The lowest BCUT2D eigenvalue weighted by Crippen LogP contribution is -2.48. The molecule has 7 heteroatoms. The van der Waals surface area contributed by atoms with Gasteiger partial charge >= 0.3 is 6.03 Å². The number of aromatic nitrogens is 3. The Morgan fingerprint density at radius 1 is 1.33 bits per heavy atom. The topological polar surface area (TPSA) is 73.9 Å². The van der Waals surface area contributed by atoms with E-state index in [1.807, 2.05) is 20.8 Å². The molecule has 1 aromatic heterocycles. The minimum absolute atomic E-state index is 0.0928. The molecule has 0 spiro atoms. The monoisotopic (exact) mass is 331 g/mol. The van der Waals surface area contributed by atoms with E-state index in [-0.39, 0.29) is 23.4 Å². The summed E-state index contributed by atoms with van der Waals surface area (Å²) in [4.78, 5) is 18.8. The zero-order valence-electron chi connectivity index (χ0n) is 14.1. The van der Waals surface area contributed by atoms with Gasteiger partial charge in [-0.25, -0.2) is 14.2 Å². The third kappa shape index (κ3) is 3.55. The van der Waals surface area contributed by atoms with E-state index in [0.717, 1.165) is 18.4 Å². The van der Waals surface area contributed by atoms with E-state index >= 15 is 0 Å². The van der Waals surface area contributed by atoms with Crippen molar-refractivity contribution in [3.8, 4) is 11.4 Å². The van der Waals surface area contributed by atoms with Crippen LogP contribution in [0.15, 0.2) is 24.3 Å². The van der Waals surface area contributed by atoms with Crippen molar-refractivity contribution in [2.75, 3.05) is 6.54 Å². The van der Waals surface area contributed by atoms with Gasteiger partial charge in [-0.15, -0.1) is 0 Å². The number of nitrogens with zero attached hydrogens (tertiary/aromatic N) is 3. The van der Waals surface area contributed by atoms with Crippen molar-refractivity contribution in [3.63, 3.8) is 0 Å². The first-order chi connectivity index (χ1) is 11.3. The zero-order chi connectivity index (χ0) is 17.3. The molecule has 1 atom stereocenters. The fraction of sp³-hybridized carbons (Fsp3) is 0.471. The van der Waals surface area contributed by atoms with E-state index in [9.17, 15) is 9.18 Å². The number of likely N-dealkylation sites (tertiary alicyclic amines) is 1. The molecular weight excluding hydrogens is 309 g/mol. The molecule has 128 valence electrons. The zero-order valence-corrected chi connectivity index (χ0v) is 14.1. The number of H-pyrrole nitrogens is 1. The molecule has 0 saturated carbocycles. The van der Waals surface area contributed by atoms with Crippen LogP contribution in [0.25, 0.3) is 11.4 Å². The normalized spacial score (nSPS) is 18.0. The molecule has 1 saturated heterocycles. The number of hydrogen-bond donors (Lipinski definition) is 2. The second kappa shape index (κ2) is 6.22. The Balaban J connectivity index is 1.78. The van der Waals surface area contributed by atoms with Gasteiger partial charge in [0.2, 0.25) is 0 Å². The summed E-state index contributed by atoms with van der Waals surface area (Å²) >= 11 is 0. The molecule has 1 aromatic carbocycles. The molecule has 3 rings (SSSR count). The Labute approximate surface area is 140 Å². The minimum atomic E-state index is -0.296. The standard InChI is InChI=1S/C17H22FN5O/c1-17(2,3)20-16(24)23-10-4-5-13(23)15-19-14(21-22-15)11-6-8-12(18)9-7-11/h6-9,13H,4-5,10H2,1-3H3,(H,20,24)(H,19,21,22)/t13-/m0/s1. The Morgan fingerprint density at radius 3 is 2.71 bits per heavy atom. The van der Waals surface area contributed by atoms with Gasteiger partial charge in [-0.2, -0.15) is 5.10 Å². The first-order valence-electron chi connectivity index (χ1n) is 8.10. The molecule has 6 nitrogen and oxygen atoms in total. The second-order valence-corrected chi connectivity index (χ2v) is 7.08. The van der Waals surface area contributed by atoms with Gasteiger partial charge in [-0.05, 0) is 57.9 Å². The quantitative estimate of drug-likeness (QED) is 0.887. The Bertz CT molecular complexity index is 719. The minimum Gasteiger partial charge on any atom is -0.333 e. The first-order valence-corrected chi connectivity index (χ1v) is 8.10. The van der Waals surface area contributed by atoms with Gasteiger partial charge in [0.15, 0.2) is 5.82 Å². The van der Waals surface area contributed by atoms with Crippen molar-refractivity contribution in [3.05, 3.63) is 35.9 Å². The van der Waals surface area contributed by atoms with Gasteiger partial charge in [0.1, 0.15) is 11.6 Å². The molecule has 1 aliphatic heterocycles. The molecule has 2 aromatic rings. The highest BCUT2D eigenvalue weighted by Crippen LogP contribution is 2.31. The third-order valence-corrected chi connectivity index (χ3v) is 3.92. The molecule has 2 heterocycles. The Morgan fingerprint density at radius 2 is 2.04 bits per heavy atom. The summed E-state index contributed by atoms with van der Waals surface area (Å²) in [5, 5.41) is 10.1. The van der Waals surface area contributed by atoms with Gasteiger partial charge in [0.25, 0.3) is 0 Å². The average molecular weight is 331 g/mol. The van der Waals surface area contributed by atoms with Gasteiger partial charge in [0.05, 0.1) is 6.04 Å². The number of aromatic amines is 1. The smallest absolute Gasteiger partial charge is 0.318 e. The van der Waals surface area contributed by atoms with Crippen molar-refractivity contribution in [2.45, 2.75) is 45.2 Å². The van der Waals surface area contributed by atoms with Crippen LogP contribution in [0.4, 0.5) is 9.18 Å². The van der Waals surface area contributed by atoms with Crippen LogP contribution < -0.4 is 5.32 Å². The third-order valence-electron chi connectivity index (χ3n) is 3.92. The molecular formula is C17H22FN5O. The van der Waals surface area contributed by atoms with Gasteiger partial charge in [-0.3, -0.25) is 5.10 Å². The highest BCUT2D eigenvalue weighted by atomic mass is 19.1. The molecule has 0 bridgehead atoms. The number of hydrogen-bond acceptors (Lipinski definition) is 3. The molecule has 2 N–H and O–H groups in total. The van der Waals surface area contributed by atoms with E-state index in [1.165, 1.54) is 12.1 Å². The maximum absolute atomic E-state index is 13.0. The summed E-state index contributed by atoms with van der Waals surface area (Å²) in [7, 11) is 0. The molecule has 0 aliphatic carbocycles. The largest absolute Gasteiger partial charge is 0.333 e. The highest BCUT2D eigenvalue weighted by Gasteiger charge is 2.33. The number of carbonyl (C=O) groups is 1. The maximum Gasteiger partial charge on any atom is 0.318 e. The van der Waals surface area contributed by atoms with Crippen LogP contribution in [-0.2, 0) is 0 Å². The number of amides is 2. The van der Waals surface area contributed by atoms with Crippen molar-refractivity contribution >= 4 is 6.03 Å². The van der Waals surface area contributed by atoms with Crippen molar-refractivity contribution in [1.29, 1.82) is 0 Å². The number of halogens is 1. The molecule has 1 aliphatic rings. The fourth-order valence-corrected chi connectivity index (χ4v) is 2.84.